The molecular formula is C15H16ClN3O3S. The largest absolute Gasteiger partial charge is 0.351 e. The van der Waals surface area contributed by atoms with Gasteiger partial charge in [-0.15, -0.1) is 0 Å². The topological polar surface area (TPSA) is 88.2 Å². The van der Waals surface area contributed by atoms with E-state index in [-0.39, 0.29) is 11.4 Å². The Kier molecular flexibility index (Phi) is 5.70. The second-order valence-electron chi connectivity index (χ2n) is 4.88. The molecule has 2 rings (SSSR count). The van der Waals surface area contributed by atoms with Gasteiger partial charge in [-0.05, 0) is 36.8 Å². The molecular weight excluding hydrogens is 338 g/mol. The highest BCUT2D eigenvalue weighted by Gasteiger charge is 2.22. The molecule has 23 heavy (non-hydrogen) atoms. The highest BCUT2D eigenvalue weighted by atomic mass is 35.5. The Labute approximate surface area is 139 Å². The number of nitrogens with zero attached hydrogens (tertiary/aromatic N) is 1. The maximum Gasteiger partial charge on any atom is 0.241 e. The van der Waals surface area contributed by atoms with E-state index in [1.54, 1.807) is 24.5 Å². The Bertz CT molecular complexity index is 782. The first-order valence-electron chi connectivity index (χ1n) is 6.83. The number of sulfonamides is 1. The number of rotatable bonds is 6. The number of benzene rings is 1. The van der Waals surface area contributed by atoms with Gasteiger partial charge in [-0.3, -0.25) is 9.78 Å². The second kappa shape index (κ2) is 7.54. The summed E-state index contributed by atoms with van der Waals surface area (Å²) in [7, 11) is -3.82. The van der Waals surface area contributed by atoms with Crippen molar-refractivity contribution in [2.24, 2.45) is 0 Å². The lowest BCUT2D eigenvalue weighted by Crippen LogP contribution is -2.44. The second-order valence-corrected chi connectivity index (χ2v) is 7.03. The normalized spacial score (nSPS) is 12.6. The lowest BCUT2D eigenvalue weighted by Gasteiger charge is -2.14. The number of hydrogen-bond acceptors (Lipinski definition) is 4. The van der Waals surface area contributed by atoms with Crippen LogP contribution in [0.15, 0.2) is 53.7 Å². The molecule has 2 aromatic rings. The minimum atomic E-state index is -3.82. The Morgan fingerprint density at radius 2 is 2.09 bits per heavy atom. The molecule has 6 nitrogen and oxygen atoms in total. The number of halogens is 1. The van der Waals surface area contributed by atoms with Gasteiger partial charge in [0.1, 0.15) is 0 Å². The van der Waals surface area contributed by atoms with Crippen molar-refractivity contribution in [3.05, 3.63) is 59.4 Å². The van der Waals surface area contributed by atoms with Gasteiger partial charge in [0.15, 0.2) is 0 Å². The van der Waals surface area contributed by atoms with E-state index in [9.17, 15) is 13.2 Å². The van der Waals surface area contributed by atoms with Crippen LogP contribution >= 0.6 is 11.6 Å². The molecule has 0 unspecified atom stereocenters. The van der Waals surface area contributed by atoms with Gasteiger partial charge in [0.2, 0.25) is 15.9 Å². The van der Waals surface area contributed by atoms with Crippen molar-refractivity contribution in [3.8, 4) is 0 Å². The van der Waals surface area contributed by atoms with E-state index < -0.39 is 22.0 Å². The van der Waals surface area contributed by atoms with Gasteiger partial charge in [-0.2, -0.15) is 4.72 Å². The van der Waals surface area contributed by atoms with E-state index >= 15 is 0 Å². The predicted molar refractivity (Wildman–Crippen MR) is 87.3 cm³/mol. The predicted octanol–water partition coefficient (Wildman–Crippen LogP) is 1.72. The van der Waals surface area contributed by atoms with Crippen molar-refractivity contribution in [3.63, 3.8) is 0 Å². The molecule has 2 N–H and O–H groups in total. The fourth-order valence-electron chi connectivity index (χ4n) is 1.83. The maximum absolute atomic E-state index is 12.2. The van der Waals surface area contributed by atoms with E-state index in [0.717, 1.165) is 5.56 Å². The molecule has 8 heteroatoms. The molecule has 1 heterocycles. The minimum Gasteiger partial charge on any atom is -0.351 e. The summed E-state index contributed by atoms with van der Waals surface area (Å²) >= 11 is 5.79. The van der Waals surface area contributed by atoms with Crippen molar-refractivity contribution >= 4 is 27.5 Å². The van der Waals surface area contributed by atoms with Crippen LogP contribution in [0.3, 0.4) is 0 Å². The third-order valence-corrected chi connectivity index (χ3v) is 4.79. The maximum atomic E-state index is 12.2. The summed E-state index contributed by atoms with van der Waals surface area (Å²) in [5.41, 5.74) is 0.825. The smallest absolute Gasteiger partial charge is 0.241 e. The molecule has 0 spiro atoms. The Hall–Kier alpha value is -1.96. The van der Waals surface area contributed by atoms with E-state index in [1.165, 1.54) is 25.1 Å². The number of pyridine rings is 1. The fourth-order valence-corrected chi connectivity index (χ4v) is 3.34. The summed E-state index contributed by atoms with van der Waals surface area (Å²) in [5, 5.41) is 2.96. The van der Waals surface area contributed by atoms with Gasteiger partial charge in [0.05, 0.1) is 10.9 Å². The molecule has 0 bridgehead atoms. The third-order valence-electron chi connectivity index (χ3n) is 3.02. The molecule has 1 amide bonds. The first-order valence-corrected chi connectivity index (χ1v) is 8.69. The molecule has 0 radical (unpaired) electrons. The average Bonchev–Trinajstić information content (AvgIpc) is 2.53. The molecule has 0 saturated heterocycles. The number of nitrogens with one attached hydrogen (secondary N) is 2. The Balaban J connectivity index is 1.97. The SMILES string of the molecule is C[C@H](NS(=O)(=O)c1cccc(Cl)c1)C(=O)NCc1cccnc1. The van der Waals surface area contributed by atoms with Crippen LogP contribution in [-0.4, -0.2) is 25.4 Å². The van der Waals surface area contributed by atoms with Crippen LogP contribution in [0.25, 0.3) is 0 Å². The zero-order chi connectivity index (χ0) is 16.9. The summed E-state index contributed by atoms with van der Waals surface area (Å²) in [4.78, 5) is 16.0. The van der Waals surface area contributed by atoms with Crippen LogP contribution in [-0.2, 0) is 21.4 Å². The van der Waals surface area contributed by atoms with Crippen LogP contribution in [0.4, 0.5) is 0 Å². The molecule has 0 aliphatic carbocycles. The van der Waals surface area contributed by atoms with E-state index in [2.05, 4.69) is 15.0 Å². The number of aromatic nitrogens is 1. The molecule has 0 fully saturated rings. The zero-order valence-corrected chi connectivity index (χ0v) is 13.9. The molecule has 122 valence electrons. The van der Waals surface area contributed by atoms with Crippen LogP contribution in [0.5, 0.6) is 0 Å². The van der Waals surface area contributed by atoms with Crippen LogP contribution < -0.4 is 10.0 Å². The molecule has 0 aliphatic rings. The van der Waals surface area contributed by atoms with Crippen LogP contribution in [0, 0.1) is 0 Å². The summed E-state index contributed by atoms with van der Waals surface area (Å²) in [6.07, 6.45) is 3.26. The highest BCUT2D eigenvalue weighted by molar-refractivity contribution is 7.89. The number of amides is 1. The molecule has 0 aliphatic heterocycles. The molecule has 1 atom stereocenters. The van der Waals surface area contributed by atoms with Crippen molar-refractivity contribution in [2.45, 2.75) is 24.4 Å². The van der Waals surface area contributed by atoms with Crippen molar-refractivity contribution in [1.82, 2.24) is 15.0 Å². The number of carbonyl (C=O) groups is 1. The minimum absolute atomic E-state index is 0.0110. The first kappa shape index (κ1) is 17.4. The summed E-state index contributed by atoms with van der Waals surface area (Å²) in [5.74, 6) is -0.431. The van der Waals surface area contributed by atoms with E-state index in [0.29, 0.717) is 5.02 Å². The molecule has 1 aromatic carbocycles. The lowest BCUT2D eigenvalue weighted by atomic mass is 10.2. The Morgan fingerprint density at radius 3 is 2.74 bits per heavy atom. The monoisotopic (exact) mass is 353 g/mol. The van der Waals surface area contributed by atoms with Gasteiger partial charge < -0.3 is 5.32 Å². The molecule has 1 aromatic heterocycles. The molecule has 0 saturated carbocycles. The van der Waals surface area contributed by atoms with Crippen LogP contribution in [0.2, 0.25) is 5.02 Å². The van der Waals surface area contributed by atoms with E-state index in [4.69, 9.17) is 11.6 Å². The lowest BCUT2D eigenvalue weighted by molar-refractivity contribution is -0.122. The van der Waals surface area contributed by atoms with Crippen molar-refractivity contribution in [2.75, 3.05) is 0 Å². The standard InChI is InChI=1S/C15H16ClN3O3S/c1-11(15(20)18-10-12-4-3-7-17-9-12)19-23(21,22)14-6-2-5-13(16)8-14/h2-9,11,19H,10H2,1H3,(H,18,20)/t11-/m0/s1. The Morgan fingerprint density at radius 1 is 1.30 bits per heavy atom. The van der Waals surface area contributed by atoms with E-state index in [1.807, 2.05) is 6.07 Å². The quantitative estimate of drug-likeness (QED) is 0.827. The van der Waals surface area contributed by atoms with Crippen LogP contribution in [0.1, 0.15) is 12.5 Å². The van der Waals surface area contributed by atoms with Gasteiger partial charge in [0, 0.05) is 24.0 Å². The third kappa shape index (κ3) is 5.02. The summed E-state index contributed by atoms with van der Waals surface area (Å²) in [6, 6.07) is 8.49. The van der Waals surface area contributed by atoms with Gasteiger partial charge in [0.25, 0.3) is 0 Å². The van der Waals surface area contributed by atoms with Crippen molar-refractivity contribution < 1.29 is 13.2 Å². The fraction of sp³-hybridized carbons (Fsp3) is 0.200. The van der Waals surface area contributed by atoms with Gasteiger partial charge >= 0.3 is 0 Å². The summed E-state index contributed by atoms with van der Waals surface area (Å²) in [6.45, 7) is 1.75. The van der Waals surface area contributed by atoms with Gasteiger partial charge in [-0.25, -0.2) is 8.42 Å². The zero-order valence-electron chi connectivity index (χ0n) is 12.4. The average molecular weight is 354 g/mol. The van der Waals surface area contributed by atoms with Crippen molar-refractivity contribution in [1.29, 1.82) is 0 Å². The first-order chi connectivity index (χ1) is 10.9. The highest BCUT2D eigenvalue weighted by Crippen LogP contribution is 2.15. The summed E-state index contributed by atoms with van der Waals surface area (Å²) < 4.78 is 26.7. The van der Waals surface area contributed by atoms with Gasteiger partial charge in [-0.1, -0.05) is 23.7 Å². The number of carbonyl (C=O) groups excluding carboxylic acids is 1. The number of hydrogen-bond donors (Lipinski definition) is 2.